The summed E-state index contributed by atoms with van der Waals surface area (Å²) in [5.74, 6) is 0. The number of benzene rings is 2. The van der Waals surface area contributed by atoms with Crippen LogP contribution in [0.15, 0.2) is 42.5 Å². The molecule has 1 heterocycles. The third kappa shape index (κ3) is 1.40. The predicted molar refractivity (Wildman–Crippen MR) is 60.5 cm³/mol. The van der Waals surface area contributed by atoms with E-state index in [1.54, 1.807) is 6.07 Å². The molecule has 0 atom stereocenters. The smallest absolute Gasteiger partial charge is 0.387 e. The van der Waals surface area contributed by atoms with E-state index in [0.717, 1.165) is 16.4 Å². The summed E-state index contributed by atoms with van der Waals surface area (Å²) in [5.41, 5.74) is 2.66. The zero-order chi connectivity index (χ0) is 10.3. The van der Waals surface area contributed by atoms with Crippen molar-refractivity contribution in [2.75, 3.05) is 0 Å². The molecule has 0 unspecified atom stereocenters. The van der Waals surface area contributed by atoms with Crippen LogP contribution < -0.4 is 12.4 Å². The first-order valence-electron chi connectivity index (χ1n) is 4.74. The van der Waals surface area contributed by atoms with Gasteiger partial charge in [-0.3, -0.25) is 0 Å². The summed E-state index contributed by atoms with van der Waals surface area (Å²) in [5, 5.41) is 11.0. The van der Waals surface area contributed by atoms with Gasteiger partial charge in [0.25, 0.3) is 0 Å². The van der Waals surface area contributed by atoms with Crippen molar-refractivity contribution in [3.05, 3.63) is 47.4 Å². The molecule has 3 rings (SSSR count). The Labute approximate surface area is 98.1 Å². The van der Waals surface area contributed by atoms with Crippen LogP contribution in [0, 0.1) is 5.39 Å². The van der Waals surface area contributed by atoms with Crippen LogP contribution in [0.5, 0.6) is 0 Å². The fraction of sp³-hybridized carbons (Fsp3) is 0. The first-order valence-corrected chi connectivity index (χ1v) is 4.74. The minimum atomic E-state index is 0. The molecule has 0 saturated heterocycles. The lowest BCUT2D eigenvalue weighted by Crippen LogP contribution is -3.00. The second-order valence-electron chi connectivity index (χ2n) is 3.50. The molecule has 0 saturated carbocycles. The van der Waals surface area contributed by atoms with Crippen LogP contribution in [-0.2, 0) is 0 Å². The maximum atomic E-state index is 8.68. The number of halogens is 1. The van der Waals surface area contributed by atoms with E-state index in [9.17, 15) is 0 Å². The molecule has 16 heavy (non-hydrogen) atoms. The van der Waals surface area contributed by atoms with Crippen molar-refractivity contribution in [1.29, 1.82) is 5.39 Å². The molecular formula is C12H8ClN3. The lowest BCUT2D eigenvalue weighted by atomic mass is 10.1. The van der Waals surface area contributed by atoms with E-state index in [1.807, 2.05) is 30.3 Å². The number of aromatic amines is 1. The van der Waals surface area contributed by atoms with Gasteiger partial charge in [0.05, 0.1) is 11.6 Å². The zero-order valence-corrected chi connectivity index (χ0v) is 9.07. The van der Waals surface area contributed by atoms with E-state index in [2.05, 4.69) is 16.0 Å². The van der Waals surface area contributed by atoms with Gasteiger partial charge >= 0.3 is 5.69 Å². The summed E-state index contributed by atoms with van der Waals surface area (Å²) in [6, 6.07) is 13.7. The molecule has 3 aromatic rings. The Kier molecular flexibility index (Phi) is 2.51. The van der Waals surface area contributed by atoms with Crippen LogP contribution in [0.4, 0.5) is 5.69 Å². The van der Waals surface area contributed by atoms with Crippen molar-refractivity contribution in [3.63, 3.8) is 0 Å². The van der Waals surface area contributed by atoms with E-state index >= 15 is 0 Å². The van der Waals surface area contributed by atoms with Gasteiger partial charge in [0, 0.05) is 22.4 Å². The SMILES string of the molecule is N#[N+]c1ccc2c(c1)[nH]c1ccccc12.[Cl-]. The zero-order valence-electron chi connectivity index (χ0n) is 8.31. The summed E-state index contributed by atoms with van der Waals surface area (Å²) in [4.78, 5) is 6.45. The van der Waals surface area contributed by atoms with Gasteiger partial charge in [0.1, 0.15) is 0 Å². The molecule has 1 N–H and O–H groups in total. The van der Waals surface area contributed by atoms with Gasteiger partial charge < -0.3 is 17.4 Å². The lowest BCUT2D eigenvalue weighted by molar-refractivity contribution is -0.00000317. The minimum Gasteiger partial charge on any atom is -1.00 e. The first kappa shape index (κ1) is 10.5. The highest BCUT2D eigenvalue weighted by Crippen LogP contribution is 2.27. The van der Waals surface area contributed by atoms with Gasteiger partial charge in [-0.05, 0) is 12.1 Å². The highest BCUT2D eigenvalue weighted by Gasteiger charge is 2.08. The summed E-state index contributed by atoms with van der Waals surface area (Å²) in [7, 11) is 0. The number of rotatable bonds is 0. The highest BCUT2D eigenvalue weighted by molar-refractivity contribution is 6.07. The van der Waals surface area contributed by atoms with Crippen molar-refractivity contribution in [3.8, 4) is 0 Å². The van der Waals surface area contributed by atoms with Crippen molar-refractivity contribution < 1.29 is 12.4 Å². The van der Waals surface area contributed by atoms with Crippen molar-refractivity contribution in [1.82, 2.24) is 4.98 Å². The van der Waals surface area contributed by atoms with Gasteiger partial charge in [0.2, 0.25) is 5.39 Å². The van der Waals surface area contributed by atoms with Crippen molar-refractivity contribution >= 4 is 27.5 Å². The van der Waals surface area contributed by atoms with Crippen LogP contribution in [0.25, 0.3) is 26.8 Å². The van der Waals surface area contributed by atoms with E-state index in [4.69, 9.17) is 5.39 Å². The number of fused-ring (bicyclic) bond motifs is 3. The maximum absolute atomic E-state index is 8.68. The number of aromatic nitrogens is 1. The van der Waals surface area contributed by atoms with Crippen LogP contribution in [0.1, 0.15) is 0 Å². The Balaban J connectivity index is 0.000000963. The average Bonchev–Trinajstić information content (AvgIpc) is 2.66. The molecule has 0 radical (unpaired) electrons. The van der Waals surface area contributed by atoms with E-state index in [-0.39, 0.29) is 12.4 Å². The van der Waals surface area contributed by atoms with Gasteiger partial charge in [-0.15, -0.1) is 0 Å². The summed E-state index contributed by atoms with van der Waals surface area (Å²) >= 11 is 0. The number of hydrogen-bond acceptors (Lipinski definition) is 1. The quantitative estimate of drug-likeness (QED) is 0.570. The number of hydrogen-bond donors (Lipinski definition) is 1. The van der Waals surface area contributed by atoms with Crippen molar-refractivity contribution in [2.45, 2.75) is 0 Å². The number of H-pyrrole nitrogens is 1. The molecule has 0 fully saturated rings. The molecule has 0 aliphatic carbocycles. The predicted octanol–water partition coefficient (Wildman–Crippen LogP) is 0.810. The minimum absolute atomic E-state index is 0. The monoisotopic (exact) mass is 229 g/mol. The molecule has 0 aliphatic rings. The van der Waals surface area contributed by atoms with Gasteiger partial charge in [-0.1, -0.05) is 18.2 Å². The summed E-state index contributed by atoms with van der Waals surface area (Å²) < 4.78 is 0. The summed E-state index contributed by atoms with van der Waals surface area (Å²) in [6.45, 7) is 0. The van der Waals surface area contributed by atoms with Crippen LogP contribution in [0.2, 0.25) is 0 Å². The molecule has 1 aromatic heterocycles. The number of nitrogens with one attached hydrogen (secondary N) is 1. The van der Waals surface area contributed by atoms with Crippen LogP contribution >= 0.6 is 0 Å². The van der Waals surface area contributed by atoms with E-state index < -0.39 is 0 Å². The number of nitrogens with zero attached hydrogens (tertiary/aromatic N) is 2. The van der Waals surface area contributed by atoms with E-state index in [0.29, 0.717) is 5.69 Å². The number of para-hydroxylation sites is 1. The van der Waals surface area contributed by atoms with Gasteiger partial charge in [-0.25, -0.2) is 0 Å². The van der Waals surface area contributed by atoms with Crippen molar-refractivity contribution in [2.24, 2.45) is 0 Å². The third-order valence-electron chi connectivity index (χ3n) is 2.61. The molecule has 3 nitrogen and oxygen atoms in total. The Morgan fingerprint density at radius 3 is 2.50 bits per heavy atom. The molecular weight excluding hydrogens is 222 g/mol. The highest BCUT2D eigenvalue weighted by atomic mass is 35.5. The molecule has 2 aromatic carbocycles. The fourth-order valence-electron chi connectivity index (χ4n) is 1.90. The number of diazo groups is 1. The molecule has 0 aliphatic heterocycles. The first-order chi connectivity index (χ1) is 7.38. The van der Waals surface area contributed by atoms with Crippen LogP contribution in [0.3, 0.4) is 0 Å². The topological polar surface area (TPSA) is 43.9 Å². The standard InChI is InChI=1S/C12H8N3.ClH/c13-15-8-5-6-10-9-3-1-2-4-11(9)14-12(10)7-8;/h1-7,14H;1H/q+1;/p-1. The lowest BCUT2D eigenvalue weighted by Gasteiger charge is -1.86. The molecule has 4 heteroatoms. The second-order valence-corrected chi connectivity index (χ2v) is 3.50. The van der Waals surface area contributed by atoms with Gasteiger partial charge in [0.15, 0.2) is 4.98 Å². The molecule has 0 amide bonds. The molecule has 0 spiro atoms. The second kappa shape index (κ2) is 3.84. The normalized spacial score (nSPS) is 9.94. The van der Waals surface area contributed by atoms with Gasteiger partial charge in [-0.2, -0.15) is 0 Å². The largest absolute Gasteiger partial charge is 1.00 e. The average molecular weight is 230 g/mol. The fourth-order valence-corrected chi connectivity index (χ4v) is 1.90. The van der Waals surface area contributed by atoms with E-state index in [1.165, 1.54) is 5.39 Å². The van der Waals surface area contributed by atoms with Crippen LogP contribution in [-0.4, -0.2) is 4.98 Å². The third-order valence-corrected chi connectivity index (χ3v) is 2.61. The molecule has 0 bridgehead atoms. The maximum Gasteiger partial charge on any atom is 0.387 e. The Hall–Kier alpha value is -2.05. The summed E-state index contributed by atoms with van der Waals surface area (Å²) in [6.07, 6.45) is 0. The Morgan fingerprint density at radius 1 is 0.938 bits per heavy atom. The molecule has 78 valence electrons. The Morgan fingerprint density at radius 2 is 1.69 bits per heavy atom. The Bertz CT molecular complexity index is 694.